The van der Waals surface area contributed by atoms with Gasteiger partial charge >= 0.3 is 0 Å². The molecule has 3 rings (SSSR count). The Balaban J connectivity index is 1.81. The summed E-state index contributed by atoms with van der Waals surface area (Å²) in [5.41, 5.74) is 2.20. The summed E-state index contributed by atoms with van der Waals surface area (Å²) < 4.78 is 0.801. The van der Waals surface area contributed by atoms with Crippen LogP contribution in [0.3, 0.4) is 0 Å². The standard InChI is InChI=1S/C17H18N2O2S/c1-12-11-14-7-3-4-8-15(14)19(12)17(20)13(2)22-16-9-5-6-10-18(16)21/h3-10,12-13H,11H2,1-2H3/t12-,13+/m1/s1. The first-order valence-electron chi connectivity index (χ1n) is 7.33. The van der Waals surface area contributed by atoms with Crippen LogP contribution in [0, 0.1) is 5.21 Å². The zero-order valence-corrected chi connectivity index (χ0v) is 13.4. The summed E-state index contributed by atoms with van der Waals surface area (Å²) in [6.45, 7) is 3.92. The first kappa shape index (κ1) is 14.9. The highest BCUT2D eigenvalue weighted by molar-refractivity contribution is 8.00. The van der Waals surface area contributed by atoms with Gasteiger partial charge in [0.2, 0.25) is 5.91 Å². The maximum absolute atomic E-state index is 12.8. The van der Waals surface area contributed by atoms with Crippen LogP contribution >= 0.6 is 11.8 Å². The number of para-hydroxylation sites is 1. The van der Waals surface area contributed by atoms with Crippen LogP contribution < -0.4 is 9.63 Å². The first-order valence-corrected chi connectivity index (χ1v) is 8.21. The Morgan fingerprint density at radius 2 is 2.05 bits per heavy atom. The average Bonchev–Trinajstić information content (AvgIpc) is 2.84. The molecule has 0 unspecified atom stereocenters. The Hall–Kier alpha value is -2.01. The van der Waals surface area contributed by atoms with Crippen LogP contribution in [-0.4, -0.2) is 17.2 Å². The zero-order chi connectivity index (χ0) is 15.7. The summed E-state index contributed by atoms with van der Waals surface area (Å²) >= 11 is 1.30. The first-order chi connectivity index (χ1) is 10.6. The number of hydrogen-bond donors (Lipinski definition) is 0. The fraction of sp³-hybridized carbons (Fsp3) is 0.294. The lowest BCUT2D eigenvalue weighted by Gasteiger charge is -2.25. The molecule has 1 aromatic carbocycles. The lowest BCUT2D eigenvalue weighted by atomic mass is 10.1. The van der Waals surface area contributed by atoms with Gasteiger partial charge in [-0.1, -0.05) is 18.2 Å². The lowest BCUT2D eigenvalue weighted by Crippen LogP contribution is -2.41. The number of rotatable bonds is 3. The Kier molecular flexibility index (Phi) is 4.07. The Labute approximate surface area is 134 Å². The summed E-state index contributed by atoms with van der Waals surface area (Å²) in [5.74, 6) is 0.0475. The van der Waals surface area contributed by atoms with Crippen molar-refractivity contribution >= 4 is 23.4 Å². The van der Waals surface area contributed by atoms with Crippen molar-refractivity contribution in [3.63, 3.8) is 0 Å². The minimum atomic E-state index is -0.309. The Morgan fingerprint density at radius 1 is 1.32 bits per heavy atom. The smallest absolute Gasteiger partial charge is 0.252 e. The SMILES string of the molecule is C[C@H](Sc1cccc[n+]1[O-])C(=O)N1c2ccccc2C[C@H]1C. The molecule has 0 bridgehead atoms. The normalized spacial score (nSPS) is 18.1. The van der Waals surface area contributed by atoms with E-state index in [1.54, 1.807) is 12.1 Å². The molecule has 4 nitrogen and oxygen atoms in total. The second kappa shape index (κ2) is 6.01. The average molecular weight is 314 g/mol. The molecular weight excluding hydrogens is 296 g/mol. The largest absolute Gasteiger partial charge is 0.618 e. The van der Waals surface area contributed by atoms with Gasteiger partial charge < -0.3 is 10.1 Å². The summed E-state index contributed by atoms with van der Waals surface area (Å²) in [6, 6.07) is 13.4. The number of hydrogen-bond acceptors (Lipinski definition) is 3. The van der Waals surface area contributed by atoms with Gasteiger partial charge in [-0.3, -0.25) is 4.79 Å². The predicted molar refractivity (Wildman–Crippen MR) is 87.8 cm³/mol. The number of amides is 1. The van der Waals surface area contributed by atoms with E-state index < -0.39 is 0 Å². The number of thioether (sulfide) groups is 1. The van der Waals surface area contributed by atoms with Crippen molar-refractivity contribution < 1.29 is 9.52 Å². The monoisotopic (exact) mass is 314 g/mol. The van der Waals surface area contributed by atoms with E-state index in [-0.39, 0.29) is 17.2 Å². The summed E-state index contributed by atoms with van der Waals surface area (Å²) in [4.78, 5) is 14.7. The molecule has 1 amide bonds. The van der Waals surface area contributed by atoms with Gasteiger partial charge in [-0.05, 0) is 49.7 Å². The number of nitrogens with zero attached hydrogens (tertiary/aromatic N) is 2. The lowest BCUT2D eigenvalue weighted by molar-refractivity contribution is -0.645. The molecule has 2 heterocycles. The topological polar surface area (TPSA) is 47.2 Å². The van der Waals surface area contributed by atoms with Crippen LogP contribution in [0.25, 0.3) is 0 Å². The summed E-state index contributed by atoms with van der Waals surface area (Å²) in [6.07, 6.45) is 2.33. The zero-order valence-electron chi connectivity index (χ0n) is 12.6. The van der Waals surface area contributed by atoms with Gasteiger partial charge in [-0.2, -0.15) is 4.73 Å². The number of benzene rings is 1. The van der Waals surface area contributed by atoms with Crippen LogP contribution in [0.15, 0.2) is 53.7 Å². The molecule has 0 spiro atoms. The quantitative estimate of drug-likeness (QED) is 0.497. The second-order valence-corrected chi connectivity index (χ2v) is 6.88. The Bertz CT molecular complexity index is 705. The van der Waals surface area contributed by atoms with Crippen LogP contribution in [0.2, 0.25) is 0 Å². The fourth-order valence-corrected chi connectivity index (χ4v) is 3.73. The molecule has 0 saturated carbocycles. The van der Waals surface area contributed by atoms with E-state index in [2.05, 4.69) is 13.0 Å². The van der Waals surface area contributed by atoms with Crippen LogP contribution in [0.4, 0.5) is 5.69 Å². The Morgan fingerprint density at radius 3 is 2.82 bits per heavy atom. The van der Waals surface area contributed by atoms with Gasteiger partial charge in [0.1, 0.15) is 0 Å². The molecule has 0 radical (unpaired) electrons. The molecular formula is C17H18N2O2S. The van der Waals surface area contributed by atoms with Crippen molar-refractivity contribution in [2.75, 3.05) is 4.90 Å². The van der Waals surface area contributed by atoms with Gasteiger partial charge in [0.25, 0.3) is 5.03 Å². The van der Waals surface area contributed by atoms with E-state index in [4.69, 9.17) is 0 Å². The molecule has 0 aliphatic carbocycles. The fourth-order valence-electron chi connectivity index (χ4n) is 2.83. The minimum absolute atomic E-state index is 0.0475. The van der Waals surface area contributed by atoms with Gasteiger partial charge in [0.15, 0.2) is 6.20 Å². The molecule has 0 fully saturated rings. The van der Waals surface area contributed by atoms with Gasteiger partial charge in [-0.25, -0.2) is 0 Å². The number of carbonyl (C=O) groups excluding carboxylic acids is 1. The van der Waals surface area contributed by atoms with Gasteiger partial charge in [0, 0.05) is 23.9 Å². The molecule has 22 heavy (non-hydrogen) atoms. The molecule has 1 aromatic heterocycles. The van der Waals surface area contributed by atoms with Crippen molar-refractivity contribution in [2.45, 2.75) is 36.6 Å². The molecule has 0 N–H and O–H groups in total. The molecule has 0 saturated heterocycles. The van der Waals surface area contributed by atoms with Crippen molar-refractivity contribution in [2.24, 2.45) is 0 Å². The van der Waals surface area contributed by atoms with Crippen molar-refractivity contribution in [3.8, 4) is 0 Å². The van der Waals surface area contributed by atoms with E-state index >= 15 is 0 Å². The number of carbonyl (C=O) groups is 1. The van der Waals surface area contributed by atoms with Crippen molar-refractivity contribution in [1.29, 1.82) is 0 Å². The highest BCUT2D eigenvalue weighted by atomic mass is 32.2. The van der Waals surface area contributed by atoms with E-state index in [1.807, 2.05) is 36.1 Å². The third kappa shape index (κ3) is 2.68. The summed E-state index contributed by atoms with van der Waals surface area (Å²) in [7, 11) is 0. The maximum atomic E-state index is 12.8. The highest BCUT2D eigenvalue weighted by Gasteiger charge is 2.34. The van der Waals surface area contributed by atoms with Crippen LogP contribution in [0.5, 0.6) is 0 Å². The van der Waals surface area contributed by atoms with Crippen molar-refractivity contribution in [3.05, 3.63) is 59.4 Å². The molecule has 1 aliphatic rings. The van der Waals surface area contributed by atoms with E-state index in [9.17, 15) is 10.0 Å². The number of fused-ring (bicyclic) bond motifs is 1. The molecule has 2 atom stereocenters. The van der Waals surface area contributed by atoms with Crippen LogP contribution in [-0.2, 0) is 11.2 Å². The van der Waals surface area contributed by atoms with E-state index in [1.165, 1.54) is 23.5 Å². The molecule has 1 aliphatic heterocycles. The third-order valence-electron chi connectivity index (χ3n) is 3.88. The molecule has 2 aromatic rings. The highest BCUT2D eigenvalue weighted by Crippen LogP contribution is 2.34. The number of aromatic nitrogens is 1. The van der Waals surface area contributed by atoms with Crippen LogP contribution in [0.1, 0.15) is 19.4 Å². The maximum Gasteiger partial charge on any atom is 0.252 e. The van der Waals surface area contributed by atoms with Crippen molar-refractivity contribution in [1.82, 2.24) is 0 Å². The van der Waals surface area contributed by atoms with Gasteiger partial charge in [0.05, 0.1) is 5.25 Å². The van der Waals surface area contributed by atoms with Gasteiger partial charge in [-0.15, -0.1) is 0 Å². The number of pyridine rings is 1. The predicted octanol–water partition coefficient (Wildman–Crippen LogP) is 2.78. The third-order valence-corrected chi connectivity index (χ3v) is 4.99. The van der Waals surface area contributed by atoms with E-state index in [0.717, 1.165) is 16.8 Å². The molecule has 5 heteroatoms. The van der Waals surface area contributed by atoms with E-state index in [0.29, 0.717) is 5.03 Å². The number of anilines is 1. The minimum Gasteiger partial charge on any atom is -0.618 e. The summed E-state index contributed by atoms with van der Waals surface area (Å²) in [5, 5.41) is 12.0. The molecule has 114 valence electrons. The second-order valence-electron chi connectivity index (χ2n) is 5.51.